The Labute approximate surface area is 108 Å². The molecule has 2 saturated carbocycles. The highest BCUT2D eigenvalue weighted by Gasteiger charge is 2.38. The second-order valence-electron chi connectivity index (χ2n) is 5.19. The highest BCUT2D eigenvalue weighted by molar-refractivity contribution is 7.11. The molecule has 1 aromatic rings. The summed E-state index contributed by atoms with van der Waals surface area (Å²) < 4.78 is 37.4. The van der Waals surface area contributed by atoms with E-state index in [1.54, 1.807) is 0 Å². The Hall–Kier alpha value is -0.620. The largest absolute Gasteiger partial charge is 0.443 e. The van der Waals surface area contributed by atoms with Crippen molar-refractivity contribution in [2.45, 2.75) is 43.8 Å². The summed E-state index contributed by atoms with van der Waals surface area (Å²) in [6.45, 7) is 0.939. The van der Waals surface area contributed by atoms with Crippen LogP contribution in [0.5, 0.6) is 0 Å². The number of rotatable bonds is 4. The highest BCUT2D eigenvalue weighted by Crippen LogP contribution is 2.46. The van der Waals surface area contributed by atoms with E-state index in [4.69, 9.17) is 0 Å². The molecule has 2 unspecified atom stereocenters. The molecule has 1 heterocycles. The Morgan fingerprint density at radius 3 is 2.56 bits per heavy atom. The fourth-order valence-corrected chi connectivity index (χ4v) is 3.39. The molecule has 0 bridgehead atoms. The number of hydrogen-bond acceptors (Lipinski definition) is 3. The van der Waals surface area contributed by atoms with Crippen LogP contribution in [0.2, 0.25) is 0 Å². The van der Waals surface area contributed by atoms with Crippen molar-refractivity contribution in [3.8, 4) is 0 Å². The Kier molecular flexibility index (Phi) is 3.10. The lowest BCUT2D eigenvalue weighted by Gasteiger charge is -2.36. The van der Waals surface area contributed by atoms with Crippen molar-refractivity contribution < 1.29 is 13.2 Å². The Balaban J connectivity index is 1.61. The monoisotopic (exact) mass is 276 g/mol. The summed E-state index contributed by atoms with van der Waals surface area (Å²) >= 11 is 0.813. The maximum absolute atomic E-state index is 12.5. The third-order valence-corrected chi connectivity index (χ3v) is 4.97. The van der Waals surface area contributed by atoms with Gasteiger partial charge in [0, 0.05) is 17.1 Å². The van der Waals surface area contributed by atoms with E-state index in [9.17, 15) is 13.2 Å². The Bertz CT molecular complexity index is 425. The lowest BCUT2D eigenvalue weighted by molar-refractivity contribution is -0.137. The minimum Gasteiger partial charge on any atom is -0.314 e. The molecule has 18 heavy (non-hydrogen) atoms. The van der Waals surface area contributed by atoms with Crippen molar-refractivity contribution >= 4 is 11.3 Å². The van der Waals surface area contributed by atoms with Gasteiger partial charge in [0.05, 0.1) is 0 Å². The number of alkyl halides is 3. The lowest BCUT2D eigenvalue weighted by Crippen LogP contribution is -2.34. The molecule has 0 radical (unpaired) electrons. The molecule has 0 spiro atoms. The molecule has 6 heteroatoms. The molecule has 2 aliphatic rings. The van der Waals surface area contributed by atoms with E-state index in [0.717, 1.165) is 35.6 Å². The summed E-state index contributed by atoms with van der Waals surface area (Å²) in [6, 6.07) is 0.665. The maximum atomic E-state index is 12.5. The van der Waals surface area contributed by atoms with Crippen LogP contribution >= 0.6 is 11.3 Å². The normalized spacial score (nSPS) is 28.2. The molecule has 1 aromatic heterocycles. The topological polar surface area (TPSA) is 24.9 Å². The molecule has 2 atom stereocenters. The Morgan fingerprint density at radius 2 is 2.06 bits per heavy atom. The molecule has 2 nitrogen and oxygen atoms in total. The van der Waals surface area contributed by atoms with Crippen molar-refractivity contribution in [1.82, 2.24) is 10.3 Å². The van der Waals surface area contributed by atoms with Crippen LogP contribution in [0.1, 0.15) is 41.5 Å². The van der Waals surface area contributed by atoms with Crippen LogP contribution in [0.15, 0.2) is 6.20 Å². The van der Waals surface area contributed by atoms with Gasteiger partial charge in [0.15, 0.2) is 5.01 Å². The highest BCUT2D eigenvalue weighted by atomic mass is 32.1. The van der Waals surface area contributed by atoms with Crippen molar-refractivity contribution in [2.24, 2.45) is 5.92 Å². The van der Waals surface area contributed by atoms with Crippen molar-refractivity contribution in [1.29, 1.82) is 0 Å². The zero-order chi connectivity index (χ0) is 12.8. The van der Waals surface area contributed by atoms with Gasteiger partial charge in [-0.1, -0.05) is 0 Å². The third kappa shape index (κ3) is 2.54. The number of halogens is 3. The van der Waals surface area contributed by atoms with Gasteiger partial charge in [0.1, 0.15) is 0 Å². The standard InChI is InChI=1S/C12H15F3N2S/c13-12(14,15)11-17-6-10(18-11)9-4-1-7(9)5-16-8-2-3-8/h6-9,16H,1-5H2. The molecule has 1 N–H and O–H groups in total. The maximum Gasteiger partial charge on any atom is 0.443 e. The molecule has 0 aliphatic heterocycles. The van der Waals surface area contributed by atoms with Gasteiger partial charge in [-0.2, -0.15) is 13.2 Å². The first kappa shape index (κ1) is 12.4. The van der Waals surface area contributed by atoms with Crippen LogP contribution in [0.25, 0.3) is 0 Å². The summed E-state index contributed by atoms with van der Waals surface area (Å²) in [4.78, 5) is 4.31. The van der Waals surface area contributed by atoms with Gasteiger partial charge in [-0.15, -0.1) is 11.3 Å². The van der Waals surface area contributed by atoms with Gasteiger partial charge in [0.2, 0.25) is 0 Å². The first-order chi connectivity index (χ1) is 8.54. The SMILES string of the molecule is FC(F)(F)c1ncc(C2CCC2CNC2CC2)s1. The number of nitrogens with one attached hydrogen (secondary N) is 1. The van der Waals surface area contributed by atoms with Crippen LogP contribution in [-0.4, -0.2) is 17.6 Å². The molecule has 0 aromatic carbocycles. The molecular weight excluding hydrogens is 261 g/mol. The van der Waals surface area contributed by atoms with Crippen LogP contribution in [0, 0.1) is 5.92 Å². The molecule has 2 aliphatic carbocycles. The van der Waals surface area contributed by atoms with E-state index in [-0.39, 0.29) is 5.92 Å². The number of aromatic nitrogens is 1. The van der Waals surface area contributed by atoms with E-state index in [1.807, 2.05) is 0 Å². The van der Waals surface area contributed by atoms with Gasteiger partial charge in [0.25, 0.3) is 0 Å². The smallest absolute Gasteiger partial charge is 0.314 e. The molecule has 0 saturated heterocycles. The van der Waals surface area contributed by atoms with Crippen molar-refractivity contribution in [2.75, 3.05) is 6.54 Å². The molecule has 0 amide bonds. The van der Waals surface area contributed by atoms with Crippen molar-refractivity contribution in [3.05, 3.63) is 16.1 Å². The minimum absolute atomic E-state index is 0.282. The van der Waals surface area contributed by atoms with E-state index in [0.29, 0.717) is 12.0 Å². The van der Waals surface area contributed by atoms with Crippen LogP contribution in [0.3, 0.4) is 0 Å². The van der Waals surface area contributed by atoms with Crippen LogP contribution in [0.4, 0.5) is 13.2 Å². The number of hydrogen-bond donors (Lipinski definition) is 1. The quantitative estimate of drug-likeness (QED) is 0.911. The van der Waals surface area contributed by atoms with E-state index in [2.05, 4.69) is 10.3 Å². The van der Waals surface area contributed by atoms with E-state index >= 15 is 0 Å². The second kappa shape index (κ2) is 4.49. The number of nitrogens with zero attached hydrogens (tertiary/aromatic N) is 1. The minimum atomic E-state index is -4.30. The second-order valence-corrected chi connectivity index (χ2v) is 6.25. The summed E-state index contributed by atoms with van der Waals surface area (Å²) in [5.74, 6) is 0.775. The zero-order valence-corrected chi connectivity index (χ0v) is 10.7. The fourth-order valence-electron chi connectivity index (χ4n) is 2.38. The van der Waals surface area contributed by atoms with Crippen LogP contribution in [-0.2, 0) is 6.18 Å². The third-order valence-electron chi connectivity index (χ3n) is 3.80. The number of thiazole rings is 1. The fraction of sp³-hybridized carbons (Fsp3) is 0.750. The van der Waals surface area contributed by atoms with Crippen LogP contribution < -0.4 is 5.32 Å². The average Bonchev–Trinajstić information content (AvgIpc) is 2.93. The van der Waals surface area contributed by atoms with Gasteiger partial charge in [-0.3, -0.25) is 0 Å². The first-order valence-electron chi connectivity index (χ1n) is 6.30. The predicted octanol–water partition coefficient (Wildman–Crippen LogP) is 3.41. The van der Waals surface area contributed by atoms with E-state index < -0.39 is 11.2 Å². The van der Waals surface area contributed by atoms with Crippen molar-refractivity contribution in [3.63, 3.8) is 0 Å². The summed E-state index contributed by atoms with van der Waals surface area (Å²) in [7, 11) is 0. The Morgan fingerprint density at radius 1 is 1.28 bits per heavy atom. The molecule has 100 valence electrons. The lowest BCUT2D eigenvalue weighted by atomic mass is 9.73. The summed E-state index contributed by atoms with van der Waals surface area (Å²) in [5.41, 5.74) is 0. The zero-order valence-electron chi connectivity index (χ0n) is 9.83. The van der Waals surface area contributed by atoms with Gasteiger partial charge >= 0.3 is 6.18 Å². The average molecular weight is 276 g/mol. The van der Waals surface area contributed by atoms with E-state index in [1.165, 1.54) is 19.0 Å². The molecule has 3 rings (SSSR count). The molecular formula is C12H15F3N2S. The van der Waals surface area contributed by atoms with Gasteiger partial charge in [-0.05, 0) is 44.1 Å². The van der Waals surface area contributed by atoms with Gasteiger partial charge in [-0.25, -0.2) is 4.98 Å². The first-order valence-corrected chi connectivity index (χ1v) is 7.12. The summed E-state index contributed by atoms with van der Waals surface area (Å²) in [6.07, 6.45) is 1.72. The predicted molar refractivity (Wildman–Crippen MR) is 63.6 cm³/mol. The van der Waals surface area contributed by atoms with Gasteiger partial charge < -0.3 is 5.32 Å². The summed E-state index contributed by atoms with van der Waals surface area (Å²) in [5, 5.41) is 2.75. The molecule has 2 fully saturated rings.